The van der Waals surface area contributed by atoms with Gasteiger partial charge < -0.3 is 15.2 Å². The van der Waals surface area contributed by atoms with Crippen molar-refractivity contribution in [1.82, 2.24) is 19.9 Å². The molecule has 2 aromatic heterocycles. The number of halogens is 1. The molecule has 1 aliphatic carbocycles. The number of carbonyl (C=O) groups excluding carboxylic acids is 1. The lowest BCUT2D eigenvalue weighted by atomic mass is 9.71. The summed E-state index contributed by atoms with van der Waals surface area (Å²) in [6.45, 7) is 7.51. The predicted octanol–water partition coefficient (Wildman–Crippen LogP) is 7.90. The fourth-order valence-electron chi connectivity index (χ4n) is 5.73. The molecule has 0 bridgehead atoms. The first-order valence-corrected chi connectivity index (χ1v) is 14.5. The molecule has 0 saturated heterocycles. The number of ether oxygens (including phenoxy) is 1. The van der Waals surface area contributed by atoms with Crippen LogP contribution in [0.2, 0.25) is 0 Å². The number of aliphatic hydroxyl groups excluding tert-OH is 1. The van der Waals surface area contributed by atoms with E-state index in [0.29, 0.717) is 5.65 Å². The fourth-order valence-corrected chi connectivity index (χ4v) is 5.73. The molecular weight excluding hydrogens is 543 g/mol. The van der Waals surface area contributed by atoms with Crippen LogP contribution < -0.4 is 5.32 Å². The summed E-state index contributed by atoms with van der Waals surface area (Å²) in [7, 11) is 0. The third-order valence-electron chi connectivity index (χ3n) is 7.98. The van der Waals surface area contributed by atoms with E-state index in [1.807, 2.05) is 68.6 Å². The van der Waals surface area contributed by atoms with E-state index in [1.54, 1.807) is 24.3 Å². The van der Waals surface area contributed by atoms with Crippen molar-refractivity contribution in [3.63, 3.8) is 0 Å². The van der Waals surface area contributed by atoms with Crippen molar-refractivity contribution in [3.05, 3.63) is 102 Å². The summed E-state index contributed by atoms with van der Waals surface area (Å²) < 4.78 is 20.8. The maximum atomic E-state index is 13.4. The highest BCUT2D eigenvalue weighted by Crippen LogP contribution is 2.42. The summed E-state index contributed by atoms with van der Waals surface area (Å²) in [4.78, 5) is 17.5. The van der Waals surface area contributed by atoms with Gasteiger partial charge in [-0.05, 0) is 64.2 Å². The summed E-state index contributed by atoms with van der Waals surface area (Å²) in [6.07, 6.45) is 0.285. The first kappa shape index (κ1) is 28.6. The Morgan fingerprint density at radius 3 is 2.21 bits per heavy atom. The number of amides is 1. The Morgan fingerprint density at radius 1 is 0.977 bits per heavy atom. The van der Waals surface area contributed by atoms with Crippen molar-refractivity contribution in [2.45, 2.75) is 64.5 Å². The first-order valence-electron chi connectivity index (χ1n) is 14.5. The number of hydrogen-bond acceptors (Lipinski definition) is 5. The monoisotopic (exact) mass is 578 g/mol. The van der Waals surface area contributed by atoms with Gasteiger partial charge in [-0.25, -0.2) is 18.7 Å². The van der Waals surface area contributed by atoms with E-state index in [4.69, 9.17) is 14.8 Å². The number of aliphatic hydroxyl groups is 1. The van der Waals surface area contributed by atoms with Gasteiger partial charge in [-0.1, -0.05) is 78.9 Å². The van der Waals surface area contributed by atoms with E-state index in [2.05, 4.69) is 29.6 Å². The average molecular weight is 579 g/mol. The minimum Gasteiger partial charge on any atom is -0.444 e. The van der Waals surface area contributed by atoms with E-state index in [9.17, 15) is 14.3 Å². The van der Waals surface area contributed by atoms with Crippen LogP contribution in [-0.4, -0.2) is 31.4 Å². The Hall–Kier alpha value is -4.56. The summed E-state index contributed by atoms with van der Waals surface area (Å²) in [6, 6.07) is 27.0. The number of hydrogen-bond donors (Lipinski definition) is 2. The maximum absolute atomic E-state index is 13.4. The minimum absolute atomic E-state index is 0.195. The topological polar surface area (TPSA) is 88.8 Å². The second-order valence-corrected chi connectivity index (χ2v) is 12.2. The van der Waals surface area contributed by atoms with E-state index < -0.39 is 23.6 Å². The van der Waals surface area contributed by atoms with Crippen molar-refractivity contribution in [2.24, 2.45) is 0 Å². The standard InChI is InChI=1S/C35H35FN4O3/c1-22-31(25-11-13-26(14-12-25)32(36)41)40-29(37-22)21-28(23-9-6-5-7-10-23)30(39-40)24-15-17-27(18-16-24)35(19-8-20-35)38-33(42)43-34(2,3)4/h5-7,9-18,21,32,41H,8,19-20H2,1-4H3,(H,38,42). The molecule has 0 spiro atoms. The number of nitrogens with zero attached hydrogens (tertiary/aromatic N) is 3. The number of aryl methyl sites for hydroxylation is 1. The molecule has 220 valence electrons. The Balaban J connectivity index is 1.43. The number of rotatable bonds is 6. The van der Waals surface area contributed by atoms with Gasteiger partial charge in [0.1, 0.15) is 5.60 Å². The number of nitrogens with one attached hydrogen (secondary N) is 1. The molecule has 5 aromatic rings. The van der Waals surface area contributed by atoms with Gasteiger partial charge in [-0.3, -0.25) is 0 Å². The molecule has 6 rings (SSSR count). The molecule has 0 aliphatic heterocycles. The van der Waals surface area contributed by atoms with Crippen molar-refractivity contribution in [2.75, 3.05) is 0 Å². The normalized spacial score (nSPS) is 15.1. The lowest BCUT2D eigenvalue weighted by Crippen LogP contribution is -2.52. The van der Waals surface area contributed by atoms with E-state index in [0.717, 1.165) is 64.2 Å². The molecule has 1 unspecified atom stereocenters. The third kappa shape index (κ3) is 5.62. The molecule has 1 amide bonds. The van der Waals surface area contributed by atoms with Gasteiger partial charge in [-0.2, -0.15) is 5.10 Å². The quantitative estimate of drug-likeness (QED) is 0.214. The molecule has 2 heterocycles. The molecule has 1 fully saturated rings. The lowest BCUT2D eigenvalue weighted by Gasteiger charge is -2.43. The van der Waals surface area contributed by atoms with E-state index in [1.165, 1.54) is 0 Å². The first-order chi connectivity index (χ1) is 20.5. The van der Waals surface area contributed by atoms with Gasteiger partial charge in [0.25, 0.3) is 0 Å². The minimum atomic E-state index is -2.03. The Kier molecular flexibility index (Phi) is 7.26. The van der Waals surface area contributed by atoms with E-state index in [-0.39, 0.29) is 5.56 Å². The van der Waals surface area contributed by atoms with Crippen LogP contribution in [0.3, 0.4) is 0 Å². The summed E-state index contributed by atoms with van der Waals surface area (Å²) >= 11 is 0. The van der Waals surface area contributed by atoms with Crippen molar-refractivity contribution < 1.29 is 19.0 Å². The van der Waals surface area contributed by atoms with Gasteiger partial charge in [-0.15, -0.1) is 0 Å². The van der Waals surface area contributed by atoms with Crippen LogP contribution in [0.4, 0.5) is 9.18 Å². The number of alkyl carbamates (subject to hydrolysis) is 1. The Morgan fingerprint density at radius 2 is 1.63 bits per heavy atom. The Bertz CT molecular complexity index is 1770. The molecule has 1 aliphatic rings. The molecule has 1 atom stereocenters. The molecule has 7 nitrogen and oxygen atoms in total. The zero-order valence-electron chi connectivity index (χ0n) is 24.8. The molecule has 8 heteroatoms. The Labute approximate surface area is 250 Å². The van der Waals surface area contributed by atoms with Crippen molar-refractivity contribution in [1.29, 1.82) is 0 Å². The molecule has 2 N–H and O–H groups in total. The highest BCUT2D eigenvalue weighted by atomic mass is 19.1. The molecule has 43 heavy (non-hydrogen) atoms. The number of carbonyl (C=O) groups is 1. The van der Waals surface area contributed by atoms with Crippen LogP contribution in [0.5, 0.6) is 0 Å². The van der Waals surface area contributed by atoms with Crippen LogP contribution in [0.15, 0.2) is 84.9 Å². The number of benzene rings is 3. The summed E-state index contributed by atoms with van der Waals surface area (Å²) in [5.41, 5.74) is 6.95. The number of imidazole rings is 1. The second kappa shape index (κ2) is 10.9. The van der Waals surface area contributed by atoms with Gasteiger partial charge in [0.2, 0.25) is 6.36 Å². The van der Waals surface area contributed by atoms with Crippen molar-refractivity contribution >= 4 is 11.7 Å². The fraction of sp³-hybridized carbons (Fsp3) is 0.286. The van der Waals surface area contributed by atoms with Crippen LogP contribution >= 0.6 is 0 Å². The second-order valence-electron chi connectivity index (χ2n) is 12.2. The molecular formula is C35H35FN4O3. The third-order valence-corrected chi connectivity index (χ3v) is 7.98. The summed E-state index contributed by atoms with van der Waals surface area (Å²) in [5.74, 6) is 0. The average Bonchev–Trinajstić information content (AvgIpc) is 3.28. The SMILES string of the molecule is Cc1nc2cc(-c3ccccc3)c(-c3ccc(C4(NC(=O)OC(C)(C)C)CCC4)cc3)nn2c1-c1ccc(C(O)F)cc1. The number of aromatic nitrogens is 3. The highest BCUT2D eigenvalue weighted by molar-refractivity contribution is 5.83. The van der Waals surface area contributed by atoms with Crippen LogP contribution in [0, 0.1) is 6.92 Å². The molecule has 3 aromatic carbocycles. The van der Waals surface area contributed by atoms with Crippen LogP contribution in [-0.2, 0) is 10.3 Å². The van der Waals surface area contributed by atoms with Crippen LogP contribution in [0.25, 0.3) is 39.3 Å². The maximum Gasteiger partial charge on any atom is 0.408 e. The van der Waals surface area contributed by atoms with Crippen molar-refractivity contribution in [3.8, 4) is 33.6 Å². The zero-order valence-corrected chi connectivity index (χ0v) is 24.8. The lowest BCUT2D eigenvalue weighted by molar-refractivity contribution is 0.0375. The smallest absolute Gasteiger partial charge is 0.408 e. The largest absolute Gasteiger partial charge is 0.444 e. The van der Waals surface area contributed by atoms with Gasteiger partial charge >= 0.3 is 6.09 Å². The van der Waals surface area contributed by atoms with E-state index >= 15 is 0 Å². The van der Waals surface area contributed by atoms with Gasteiger partial charge in [0.05, 0.1) is 22.6 Å². The molecule has 0 radical (unpaired) electrons. The predicted molar refractivity (Wildman–Crippen MR) is 165 cm³/mol. The number of fused-ring (bicyclic) bond motifs is 1. The highest BCUT2D eigenvalue weighted by Gasteiger charge is 2.41. The van der Waals surface area contributed by atoms with Gasteiger partial charge in [0.15, 0.2) is 5.65 Å². The zero-order chi connectivity index (χ0) is 30.4. The number of alkyl halides is 1. The van der Waals surface area contributed by atoms with Crippen LogP contribution in [0.1, 0.15) is 63.2 Å². The summed E-state index contributed by atoms with van der Waals surface area (Å²) in [5, 5.41) is 17.6. The van der Waals surface area contributed by atoms with Gasteiger partial charge in [0, 0.05) is 22.3 Å². The molecule has 1 saturated carbocycles.